The number of carbonyl (C=O) groups is 1. The number of nitrogen functional groups attached to an aromatic ring is 1. The van der Waals surface area contributed by atoms with Gasteiger partial charge in [-0.1, -0.05) is 17.7 Å². The van der Waals surface area contributed by atoms with Crippen molar-refractivity contribution in [3.63, 3.8) is 0 Å². The van der Waals surface area contributed by atoms with Crippen molar-refractivity contribution in [3.8, 4) is 0 Å². The lowest BCUT2D eigenvalue weighted by molar-refractivity contribution is 0.102. The van der Waals surface area contributed by atoms with E-state index in [1.54, 1.807) is 12.1 Å². The van der Waals surface area contributed by atoms with Gasteiger partial charge in [0.2, 0.25) is 0 Å². The SMILES string of the molecule is Cc1ccc(N)c(NC(=O)c2cc(Cl)ccc2F)c1. The van der Waals surface area contributed by atoms with Crippen LogP contribution in [-0.2, 0) is 0 Å². The van der Waals surface area contributed by atoms with Crippen molar-refractivity contribution in [1.29, 1.82) is 0 Å². The summed E-state index contributed by atoms with van der Waals surface area (Å²) in [6, 6.07) is 9.03. The van der Waals surface area contributed by atoms with Crippen LogP contribution in [0, 0.1) is 12.7 Å². The third-order valence-corrected chi connectivity index (χ3v) is 2.87. The van der Waals surface area contributed by atoms with Gasteiger partial charge < -0.3 is 11.1 Å². The summed E-state index contributed by atoms with van der Waals surface area (Å²) in [5, 5.41) is 2.87. The number of hydrogen-bond donors (Lipinski definition) is 2. The molecule has 0 fully saturated rings. The maximum absolute atomic E-state index is 13.6. The van der Waals surface area contributed by atoms with Crippen molar-refractivity contribution in [2.24, 2.45) is 0 Å². The molecule has 0 radical (unpaired) electrons. The quantitative estimate of drug-likeness (QED) is 0.824. The van der Waals surface area contributed by atoms with Crippen LogP contribution >= 0.6 is 11.6 Å². The third-order valence-electron chi connectivity index (χ3n) is 2.63. The Morgan fingerprint density at radius 3 is 2.74 bits per heavy atom. The van der Waals surface area contributed by atoms with E-state index in [-0.39, 0.29) is 5.56 Å². The van der Waals surface area contributed by atoms with Crippen LogP contribution in [0.2, 0.25) is 5.02 Å². The highest BCUT2D eigenvalue weighted by molar-refractivity contribution is 6.31. The summed E-state index contributed by atoms with van der Waals surface area (Å²) in [5.41, 5.74) is 7.44. The van der Waals surface area contributed by atoms with Gasteiger partial charge >= 0.3 is 0 Å². The van der Waals surface area contributed by atoms with Crippen LogP contribution in [0.4, 0.5) is 15.8 Å². The van der Waals surface area contributed by atoms with Crippen LogP contribution in [0.25, 0.3) is 0 Å². The second kappa shape index (κ2) is 5.28. The van der Waals surface area contributed by atoms with Crippen LogP contribution in [0.5, 0.6) is 0 Å². The number of anilines is 2. The summed E-state index contributed by atoms with van der Waals surface area (Å²) in [7, 11) is 0. The van der Waals surface area contributed by atoms with Crippen molar-refractivity contribution in [3.05, 3.63) is 58.4 Å². The molecule has 0 unspecified atom stereocenters. The fourth-order valence-corrected chi connectivity index (χ4v) is 1.81. The number of benzene rings is 2. The first-order chi connectivity index (χ1) is 8.97. The minimum absolute atomic E-state index is 0.117. The average molecular weight is 279 g/mol. The number of aryl methyl sites for hydroxylation is 1. The lowest BCUT2D eigenvalue weighted by atomic mass is 10.1. The Morgan fingerprint density at radius 1 is 1.26 bits per heavy atom. The first-order valence-corrected chi connectivity index (χ1v) is 5.97. The molecule has 0 saturated carbocycles. The molecule has 0 saturated heterocycles. The standard InChI is InChI=1S/C14H12ClFN2O/c1-8-2-5-12(17)13(6-8)18-14(19)10-7-9(15)3-4-11(10)16/h2-7H,17H2,1H3,(H,18,19). The van der Waals surface area contributed by atoms with Crippen LogP contribution < -0.4 is 11.1 Å². The summed E-state index contributed by atoms with van der Waals surface area (Å²) in [5.74, 6) is -1.22. The van der Waals surface area contributed by atoms with Gasteiger partial charge in [-0.3, -0.25) is 4.79 Å². The summed E-state index contributed by atoms with van der Waals surface area (Å²) in [4.78, 5) is 12.0. The number of rotatable bonds is 2. The van der Waals surface area contributed by atoms with Crippen LogP contribution in [0.3, 0.4) is 0 Å². The van der Waals surface area contributed by atoms with Gasteiger partial charge in [-0.2, -0.15) is 0 Å². The number of nitrogens with two attached hydrogens (primary N) is 1. The summed E-state index contributed by atoms with van der Waals surface area (Å²) in [6.07, 6.45) is 0. The Hall–Kier alpha value is -2.07. The van der Waals surface area contributed by atoms with Crippen molar-refractivity contribution >= 4 is 28.9 Å². The molecule has 3 nitrogen and oxygen atoms in total. The minimum Gasteiger partial charge on any atom is -0.397 e. The molecule has 0 aliphatic carbocycles. The number of carbonyl (C=O) groups excluding carboxylic acids is 1. The molecule has 0 atom stereocenters. The minimum atomic E-state index is -0.631. The van der Waals surface area contributed by atoms with Gasteiger partial charge in [0.25, 0.3) is 5.91 Å². The topological polar surface area (TPSA) is 55.1 Å². The zero-order valence-electron chi connectivity index (χ0n) is 10.2. The van der Waals surface area contributed by atoms with E-state index < -0.39 is 11.7 Å². The molecular formula is C14H12ClFN2O. The van der Waals surface area contributed by atoms with Gasteiger partial charge in [0.15, 0.2) is 0 Å². The van der Waals surface area contributed by atoms with E-state index in [1.807, 2.05) is 13.0 Å². The molecule has 98 valence electrons. The van der Waals surface area contributed by atoms with E-state index in [4.69, 9.17) is 17.3 Å². The number of hydrogen-bond acceptors (Lipinski definition) is 2. The lowest BCUT2D eigenvalue weighted by Crippen LogP contribution is -2.15. The fraction of sp³-hybridized carbons (Fsp3) is 0.0714. The van der Waals surface area contributed by atoms with Crippen LogP contribution in [-0.4, -0.2) is 5.91 Å². The molecule has 1 amide bonds. The molecular weight excluding hydrogens is 267 g/mol. The highest BCUT2D eigenvalue weighted by Gasteiger charge is 2.13. The van der Waals surface area contributed by atoms with E-state index in [1.165, 1.54) is 12.1 Å². The largest absolute Gasteiger partial charge is 0.397 e. The molecule has 2 rings (SSSR count). The molecule has 2 aromatic rings. The molecule has 19 heavy (non-hydrogen) atoms. The van der Waals surface area contributed by atoms with E-state index in [0.29, 0.717) is 16.4 Å². The Bertz CT molecular complexity index is 643. The average Bonchev–Trinajstić information content (AvgIpc) is 2.36. The smallest absolute Gasteiger partial charge is 0.258 e. The lowest BCUT2D eigenvalue weighted by Gasteiger charge is -2.09. The van der Waals surface area contributed by atoms with Crippen molar-refractivity contribution in [2.45, 2.75) is 6.92 Å². The normalized spacial score (nSPS) is 10.3. The molecule has 2 aromatic carbocycles. The van der Waals surface area contributed by atoms with Gasteiger partial charge in [0.1, 0.15) is 5.82 Å². The fourth-order valence-electron chi connectivity index (χ4n) is 1.64. The van der Waals surface area contributed by atoms with Gasteiger partial charge in [0.05, 0.1) is 16.9 Å². The summed E-state index contributed by atoms with van der Waals surface area (Å²) < 4.78 is 13.6. The van der Waals surface area contributed by atoms with Crippen LogP contribution in [0.15, 0.2) is 36.4 Å². The number of halogens is 2. The zero-order chi connectivity index (χ0) is 14.0. The van der Waals surface area contributed by atoms with Crippen molar-refractivity contribution in [1.82, 2.24) is 0 Å². The molecule has 0 aromatic heterocycles. The Morgan fingerprint density at radius 2 is 2.00 bits per heavy atom. The second-order valence-corrected chi connectivity index (χ2v) is 4.61. The van der Waals surface area contributed by atoms with E-state index in [9.17, 15) is 9.18 Å². The maximum Gasteiger partial charge on any atom is 0.258 e. The Kier molecular flexibility index (Phi) is 3.71. The first-order valence-electron chi connectivity index (χ1n) is 5.60. The Balaban J connectivity index is 2.30. The van der Waals surface area contributed by atoms with Crippen molar-refractivity contribution in [2.75, 3.05) is 11.1 Å². The molecule has 5 heteroatoms. The molecule has 0 heterocycles. The number of nitrogens with one attached hydrogen (secondary N) is 1. The van der Waals surface area contributed by atoms with E-state index in [2.05, 4.69) is 5.32 Å². The highest BCUT2D eigenvalue weighted by Crippen LogP contribution is 2.22. The highest BCUT2D eigenvalue weighted by atomic mass is 35.5. The van der Waals surface area contributed by atoms with E-state index >= 15 is 0 Å². The summed E-state index contributed by atoms with van der Waals surface area (Å²) >= 11 is 5.75. The van der Waals surface area contributed by atoms with Crippen LogP contribution in [0.1, 0.15) is 15.9 Å². The van der Waals surface area contributed by atoms with Gasteiger partial charge in [0, 0.05) is 5.02 Å². The molecule has 3 N–H and O–H groups in total. The predicted molar refractivity (Wildman–Crippen MR) is 75.0 cm³/mol. The second-order valence-electron chi connectivity index (χ2n) is 4.17. The summed E-state index contributed by atoms with van der Waals surface area (Å²) in [6.45, 7) is 1.87. The monoisotopic (exact) mass is 278 g/mol. The molecule has 0 spiro atoms. The molecule has 0 aliphatic rings. The van der Waals surface area contributed by atoms with Gasteiger partial charge in [-0.25, -0.2) is 4.39 Å². The Labute approximate surface area is 115 Å². The first kappa shape index (κ1) is 13.4. The van der Waals surface area contributed by atoms with E-state index in [0.717, 1.165) is 11.6 Å². The predicted octanol–water partition coefficient (Wildman–Crippen LogP) is 3.62. The van der Waals surface area contributed by atoms with Gasteiger partial charge in [-0.15, -0.1) is 0 Å². The van der Waals surface area contributed by atoms with Crippen molar-refractivity contribution < 1.29 is 9.18 Å². The maximum atomic E-state index is 13.6. The number of amides is 1. The molecule has 0 bridgehead atoms. The zero-order valence-corrected chi connectivity index (χ0v) is 11.0. The molecule has 0 aliphatic heterocycles. The van der Waals surface area contributed by atoms with Gasteiger partial charge in [-0.05, 0) is 42.8 Å². The third kappa shape index (κ3) is 3.03.